The zero-order valence-electron chi connectivity index (χ0n) is 12.9. The van der Waals surface area contributed by atoms with Gasteiger partial charge in [-0.2, -0.15) is 0 Å². The Morgan fingerprint density at radius 3 is 1.17 bits per heavy atom. The Kier molecular flexibility index (Phi) is 3.78. The molecule has 114 valence electrons. The standard InChI is InChI=1S/C20H14N4/c1-3-19(15-5-9-21-10-6-15)23-13-17(1)18-2-4-20(24-14-18)16-7-11-22-12-8-16/h1-14H. The van der Waals surface area contributed by atoms with E-state index in [0.29, 0.717) is 0 Å². The van der Waals surface area contributed by atoms with Crippen LogP contribution in [-0.4, -0.2) is 19.9 Å². The van der Waals surface area contributed by atoms with Crippen molar-refractivity contribution in [3.8, 4) is 33.6 Å². The number of hydrogen-bond acceptors (Lipinski definition) is 4. The van der Waals surface area contributed by atoms with Gasteiger partial charge in [-0.15, -0.1) is 0 Å². The van der Waals surface area contributed by atoms with Gasteiger partial charge in [0.1, 0.15) is 0 Å². The van der Waals surface area contributed by atoms with Gasteiger partial charge < -0.3 is 0 Å². The van der Waals surface area contributed by atoms with Crippen LogP contribution in [0.25, 0.3) is 33.6 Å². The van der Waals surface area contributed by atoms with E-state index in [0.717, 1.165) is 33.6 Å². The summed E-state index contributed by atoms with van der Waals surface area (Å²) in [7, 11) is 0. The summed E-state index contributed by atoms with van der Waals surface area (Å²) < 4.78 is 0. The van der Waals surface area contributed by atoms with Crippen molar-refractivity contribution in [1.82, 2.24) is 19.9 Å². The van der Waals surface area contributed by atoms with Crippen molar-refractivity contribution in [3.63, 3.8) is 0 Å². The van der Waals surface area contributed by atoms with Gasteiger partial charge in [0.05, 0.1) is 11.4 Å². The molecule has 0 aliphatic carbocycles. The zero-order valence-corrected chi connectivity index (χ0v) is 12.9. The van der Waals surface area contributed by atoms with Crippen molar-refractivity contribution in [3.05, 3.63) is 85.7 Å². The van der Waals surface area contributed by atoms with Crippen LogP contribution in [0.3, 0.4) is 0 Å². The second-order valence-corrected chi connectivity index (χ2v) is 5.34. The molecule has 0 spiro atoms. The molecule has 24 heavy (non-hydrogen) atoms. The van der Waals surface area contributed by atoms with Crippen LogP contribution < -0.4 is 0 Å². The van der Waals surface area contributed by atoms with E-state index in [-0.39, 0.29) is 0 Å². The lowest BCUT2D eigenvalue weighted by Crippen LogP contribution is -1.88. The van der Waals surface area contributed by atoms with E-state index in [1.807, 2.05) is 48.8 Å². The molecule has 0 bridgehead atoms. The van der Waals surface area contributed by atoms with Crippen LogP contribution in [0.5, 0.6) is 0 Å². The lowest BCUT2D eigenvalue weighted by Gasteiger charge is -2.05. The van der Waals surface area contributed by atoms with Gasteiger partial charge in [-0.3, -0.25) is 19.9 Å². The lowest BCUT2D eigenvalue weighted by molar-refractivity contribution is 1.27. The third kappa shape index (κ3) is 2.90. The smallest absolute Gasteiger partial charge is 0.0703 e. The van der Waals surface area contributed by atoms with Gasteiger partial charge in [0.15, 0.2) is 0 Å². The largest absolute Gasteiger partial charge is 0.265 e. The van der Waals surface area contributed by atoms with E-state index in [4.69, 9.17) is 0 Å². The Balaban J connectivity index is 1.60. The fraction of sp³-hybridized carbons (Fsp3) is 0. The van der Waals surface area contributed by atoms with Gasteiger partial charge in [0, 0.05) is 59.4 Å². The molecule has 4 aromatic heterocycles. The number of hydrogen-bond donors (Lipinski definition) is 0. The summed E-state index contributed by atoms with van der Waals surface area (Å²) in [6.45, 7) is 0. The molecule has 4 nitrogen and oxygen atoms in total. The molecule has 4 heterocycles. The van der Waals surface area contributed by atoms with Crippen LogP contribution in [0.4, 0.5) is 0 Å². The molecule has 0 saturated carbocycles. The van der Waals surface area contributed by atoms with E-state index < -0.39 is 0 Å². The lowest BCUT2D eigenvalue weighted by atomic mass is 10.1. The fourth-order valence-corrected chi connectivity index (χ4v) is 2.52. The van der Waals surface area contributed by atoms with Gasteiger partial charge in [0.25, 0.3) is 0 Å². The second-order valence-electron chi connectivity index (χ2n) is 5.34. The molecule has 0 amide bonds. The van der Waals surface area contributed by atoms with Crippen molar-refractivity contribution >= 4 is 0 Å². The molecule has 0 aliphatic rings. The quantitative estimate of drug-likeness (QED) is 0.567. The molecule has 0 aromatic carbocycles. The minimum Gasteiger partial charge on any atom is -0.265 e. The van der Waals surface area contributed by atoms with Crippen LogP contribution in [0, 0.1) is 0 Å². The van der Waals surface area contributed by atoms with Crippen molar-refractivity contribution in [2.45, 2.75) is 0 Å². The van der Waals surface area contributed by atoms with Crippen LogP contribution in [0.1, 0.15) is 0 Å². The average Bonchev–Trinajstić information content (AvgIpc) is 2.70. The van der Waals surface area contributed by atoms with E-state index >= 15 is 0 Å². The van der Waals surface area contributed by atoms with Gasteiger partial charge in [0.2, 0.25) is 0 Å². The van der Waals surface area contributed by atoms with Gasteiger partial charge in [-0.25, -0.2) is 0 Å². The molecule has 0 N–H and O–H groups in total. The first-order valence-corrected chi connectivity index (χ1v) is 7.63. The molecule has 0 aliphatic heterocycles. The highest BCUT2D eigenvalue weighted by atomic mass is 14.7. The summed E-state index contributed by atoms with van der Waals surface area (Å²) in [5.41, 5.74) is 6.07. The summed E-state index contributed by atoms with van der Waals surface area (Å²) in [4.78, 5) is 17.1. The van der Waals surface area contributed by atoms with Crippen LogP contribution in [-0.2, 0) is 0 Å². The topological polar surface area (TPSA) is 51.6 Å². The second kappa shape index (κ2) is 6.38. The summed E-state index contributed by atoms with van der Waals surface area (Å²) in [5.74, 6) is 0. The highest BCUT2D eigenvalue weighted by molar-refractivity contribution is 5.68. The minimum absolute atomic E-state index is 0.933. The maximum Gasteiger partial charge on any atom is 0.0703 e. The Morgan fingerprint density at radius 1 is 0.417 bits per heavy atom. The van der Waals surface area contributed by atoms with Crippen molar-refractivity contribution in [2.24, 2.45) is 0 Å². The number of rotatable bonds is 3. The third-order valence-corrected chi connectivity index (χ3v) is 3.81. The summed E-state index contributed by atoms with van der Waals surface area (Å²) in [5, 5.41) is 0. The van der Waals surface area contributed by atoms with Crippen molar-refractivity contribution < 1.29 is 0 Å². The Bertz CT molecular complexity index is 838. The first-order chi connectivity index (χ1) is 11.9. The maximum atomic E-state index is 4.54. The molecule has 0 atom stereocenters. The third-order valence-electron chi connectivity index (χ3n) is 3.81. The van der Waals surface area contributed by atoms with E-state index in [9.17, 15) is 0 Å². The minimum atomic E-state index is 0.933. The summed E-state index contributed by atoms with van der Waals surface area (Å²) >= 11 is 0. The normalized spacial score (nSPS) is 10.5. The van der Waals surface area contributed by atoms with Crippen molar-refractivity contribution in [2.75, 3.05) is 0 Å². The van der Waals surface area contributed by atoms with Gasteiger partial charge in [-0.05, 0) is 36.4 Å². The highest BCUT2D eigenvalue weighted by Crippen LogP contribution is 2.23. The predicted molar refractivity (Wildman–Crippen MR) is 93.9 cm³/mol. The predicted octanol–water partition coefficient (Wildman–Crippen LogP) is 4.27. The average molecular weight is 310 g/mol. The molecule has 0 radical (unpaired) electrons. The van der Waals surface area contributed by atoms with Gasteiger partial charge >= 0.3 is 0 Å². The van der Waals surface area contributed by atoms with Crippen LogP contribution in [0.2, 0.25) is 0 Å². The van der Waals surface area contributed by atoms with Gasteiger partial charge in [-0.1, -0.05) is 12.1 Å². The fourth-order valence-electron chi connectivity index (χ4n) is 2.52. The van der Waals surface area contributed by atoms with Crippen LogP contribution >= 0.6 is 0 Å². The number of nitrogens with zero attached hydrogens (tertiary/aromatic N) is 4. The Morgan fingerprint density at radius 2 is 0.833 bits per heavy atom. The Labute approximate surface area is 139 Å². The Hall–Kier alpha value is -3.40. The molecule has 4 heteroatoms. The van der Waals surface area contributed by atoms with E-state index in [1.165, 1.54) is 0 Å². The summed E-state index contributed by atoms with van der Waals surface area (Å²) in [6, 6.07) is 16.0. The number of pyridine rings is 4. The molecular weight excluding hydrogens is 296 g/mol. The summed E-state index contributed by atoms with van der Waals surface area (Å²) in [6.07, 6.45) is 10.8. The molecule has 0 fully saturated rings. The van der Waals surface area contributed by atoms with E-state index in [2.05, 4.69) is 32.1 Å². The first-order valence-electron chi connectivity index (χ1n) is 7.63. The monoisotopic (exact) mass is 310 g/mol. The molecule has 4 aromatic rings. The molecule has 0 unspecified atom stereocenters. The van der Waals surface area contributed by atoms with Crippen LogP contribution in [0.15, 0.2) is 85.7 Å². The molecule has 0 saturated heterocycles. The van der Waals surface area contributed by atoms with Crippen molar-refractivity contribution in [1.29, 1.82) is 0 Å². The molecule has 4 rings (SSSR count). The number of aromatic nitrogens is 4. The highest BCUT2D eigenvalue weighted by Gasteiger charge is 2.03. The van der Waals surface area contributed by atoms with E-state index in [1.54, 1.807) is 24.8 Å². The SMILES string of the molecule is c1cc(-c2ccc(-c3ccc(-c4ccncc4)nc3)cn2)ccn1. The first kappa shape index (κ1) is 14.2. The maximum absolute atomic E-state index is 4.54. The zero-order chi connectivity index (χ0) is 16.2. The molecular formula is C20H14N4.